The summed E-state index contributed by atoms with van der Waals surface area (Å²) in [6.07, 6.45) is 0. The van der Waals surface area contributed by atoms with E-state index in [1.165, 1.54) is 0 Å². The first-order valence-corrected chi connectivity index (χ1v) is 7.23. The van der Waals surface area contributed by atoms with E-state index in [2.05, 4.69) is 23.5 Å². The highest BCUT2D eigenvalue weighted by Gasteiger charge is 2.06. The van der Waals surface area contributed by atoms with Crippen molar-refractivity contribution in [3.63, 3.8) is 0 Å². The van der Waals surface area contributed by atoms with E-state index in [1.54, 1.807) is 24.3 Å². The van der Waals surface area contributed by atoms with Crippen molar-refractivity contribution in [1.82, 2.24) is 10.9 Å². The molecular formula is C19H17N3O. The molecule has 3 aromatic carbocycles. The van der Waals surface area contributed by atoms with Crippen LogP contribution >= 0.6 is 0 Å². The number of nitrogens with one attached hydrogen (secondary N) is 2. The zero-order valence-electron chi connectivity index (χ0n) is 12.5. The van der Waals surface area contributed by atoms with Gasteiger partial charge in [-0.15, -0.1) is 0 Å². The summed E-state index contributed by atoms with van der Waals surface area (Å²) in [7, 11) is 0. The lowest BCUT2D eigenvalue weighted by Crippen LogP contribution is -2.35. The first kappa shape index (κ1) is 14.7. The number of amides is 1. The SMILES string of the molecule is C=C(NNC(=O)c1cccc(N)c1)c1ccc2ccccc2c1. The van der Waals surface area contributed by atoms with Gasteiger partial charge in [0.15, 0.2) is 0 Å². The van der Waals surface area contributed by atoms with Gasteiger partial charge in [0.1, 0.15) is 0 Å². The molecule has 3 aromatic rings. The summed E-state index contributed by atoms with van der Waals surface area (Å²) < 4.78 is 0. The topological polar surface area (TPSA) is 67.1 Å². The number of nitrogen functional groups attached to an aromatic ring is 1. The lowest BCUT2D eigenvalue weighted by molar-refractivity contribution is 0.0942. The van der Waals surface area contributed by atoms with Crippen molar-refractivity contribution in [1.29, 1.82) is 0 Å². The normalized spacial score (nSPS) is 10.3. The molecule has 0 heterocycles. The number of rotatable bonds is 4. The maximum Gasteiger partial charge on any atom is 0.269 e. The van der Waals surface area contributed by atoms with E-state index < -0.39 is 0 Å². The second-order valence-electron chi connectivity index (χ2n) is 5.25. The van der Waals surface area contributed by atoms with Gasteiger partial charge < -0.3 is 5.73 Å². The third kappa shape index (κ3) is 3.32. The summed E-state index contributed by atoms with van der Waals surface area (Å²) in [5.74, 6) is -0.265. The zero-order chi connectivity index (χ0) is 16.2. The van der Waals surface area contributed by atoms with Gasteiger partial charge in [-0.2, -0.15) is 0 Å². The molecule has 0 fully saturated rings. The van der Waals surface area contributed by atoms with E-state index in [1.807, 2.05) is 36.4 Å². The molecule has 0 spiro atoms. The molecule has 114 valence electrons. The summed E-state index contributed by atoms with van der Waals surface area (Å²) in [4.78, 5) is 12.1. The molecule has 0 aliphatic carbocycles. The Hall–Kier alpha value is -3.27. The number of carbonyl (C=O) groups excluding carboxylic acids is 1. The molecule has 0 aliphatic heterocycles. The molecule has 0 unspecified atom stereocenters. The van der Waals surface area contributed by atoms with Crippen molar-refractivity contribution in [3.8, 4) is 0 Å². The highest BCUT2D eigenvalue weighted by Crippen LogP contribution is 2.18. The van der Waals surface area contributed by atoms with E-state index in [9.17, 15) is 4.79 Å². The van der Waals surface area contributed by atoms with Crippen LogP contribution in [-0.2, 0) is 0 Å². The Morgan fingerprint density at radius 3 is 2.39 bits per heavy atom. The number of carbonyl (C=O) groups is 1. The minimum Gasteiger partial charge on any atom is -0.399 e. The first-order valence-electron chi connectivity index (χ1n) is 7.23. The predicted octanol–water partition coefficient (Wildman–Crippen LogP) is 3.33. The second kappa shape index (κ2) is 6.23. The van der Waals surface area contributed by atoms with Crippen LogP contribution in [0.5, 0.6) is 0 Å². The van der Waals surface area contributed by atoms with E-state index in [0.29, 0.717) is 16.9 Å². The van der Waals surface area contributed by atoms with Gasteiger partial charge in [0.2, 0.25) is 0 Å². The number of nitrogens with two attached hydrogens (primary N) is 1. The van der Waals surface area contributed by atoms with Crippen LogP contribution in [0.3, 0.4) is 0 Å². The Bertz CT molecular complexity index is 886. The molecule has 4 nitrogen and oxygen atoms in total. The van der Waals surface area contributed by atoms with Gasteiger partial charge in [0.25, 0.3) is 5.91 Å². The molecule has 0 atom stereocenters. The van der Waals surface area contributed by atoms with Crippen LogP contribution in [0.2, 0.25) is 0 Å². The molecule has 1 amide bonds. The lowest BCUT2D eigenvalue weighted by Gasteiger charge is -2.12. The Morgan fingerprint density at radius 1 is 0.826 bits per heavy atom. The number of hydrazine groups is 1. The maximum atomic E-state index is 12.1. The molecule has 0 bridgehead atoms. The fourth-order valence-electron chi connectivity index (χ4n) is 2.33. The van der Waals surface area contributed by atoms with Crippen molar-refractivity contribution in [2.24, 2.45) is 0 Å². The molecule has 0 saturated carbocycles. The minimum absolute atomic E-state index is 0.265. The standard InChI is InChI=1S/C19H17N3O/c1-13(15-10-9-14-5-2-3-6-16(14)11-15)21-22-19(23)17-7-4-8-18(20)12-17/h2-12,21H,1,20H2,(H,22,23). The Kier molecular flexibility index (Phi) is 3.97. The smallest absolute Gasteiger partial charge is 0.269 e. The highest BCUT2D eigenvalue weighted by atomic mass is 16.2. The van der Waals surface area contributed by atoms with Gasteiger partial charge in [-0.1, -0.05) is 49.0 Å². The number of benzene rings is 3. The van der Waals surface area contributed by atoms with Gasteiger partial charge in [-0.3, -0.25) is 15.6 Å². The molecule has 0 saturated heterocycles. The summed E-state index contributed by atoms with van der Waals surface area (Å²) in [6.45, 7) is 3.96. The third-order valence-corrected chi connectivity index (χ3v) is 3.57. The van der Waals surface area contributed by atoms with E-state index >= 15 is 0 Å². The largest absolute Gasteiger partial charge is 0.399 e. The van der Waals surface area contributed by atoms with Crippen LogP contribution in [0.15, 0.2) is 73.3 Å². The van der Waals surface area contributed by atoms with Gasteiger partial charge in [0.05, 0.1) is 5.70 Å². The average Bonchev–Trinajstić information content (AvgIpc) is 2.59. The summed E-state index contributed by atoms with van der Waals surface area (Å²) in [6, 6.07) is 20.9. The van der Waals surface area contributed by atoms with Crippen molar-refractivity contribution in [3.05, 3.63) is 84.4 Å². The van der Waals surface area contributed by atoms with Gasteiger partial charge in [-0.25, -0.2) is 0 Å². The van der Waals surface area contributed by atoms with Gasteiger partial charge in [-0.05, 0) is 40.6 Å². The van der Waals surface area contributed by atoms with Crippen LogP contribution in [-0.4, -0.2) is 5.91 Å². The molecule has 23 heavy (non-hydrogen) atoms. The van der Waals surface area contributed by atoms with Crippen LogP contribution in [0, 0.1) is 0 Å². The minimum atomic E-state index is -0.265. The molecule has 3 rings (SSSR count). The van der Waals surface area contributed by atoms with Gasteiger partial charge >= 0.3 is 0 Å². The predicted molar refractivity (Wildman–Crippen MR) is 94.4 cm³/mol. The molecule has 0 aliphatic rings. The van der Waals surface area contributed by atoms with Crippen LogP contribution < -0.4 is 16.6 Å². The quantitative estimate of drug-likeness (QED) is 0.511. The van der Waals surface area contributed by atoms with Crippen LogP contribution in [0.1, 0.15) is 15.9 Å². The second-order valence-corrected chi connectivity index (χ2v) is 5.25. The summed E-state index contributed by atoms with van der Waals surface area (Å²) >= 11 is 0. The Labute approximate surface area is 134 Å². The third-order valence-electron chi connectivity index (χ3n) is 3.57. The van der Waals surface area contributed by atoms with E-state index in [4.69, 9.17) is 5.73 Å². The molecule has 4 N–H and O–H groups in total. The fraction of sp³-hybridized carbons (Fsp3) is 0. The number of anilines is 1. The zero-order valence-corrected chi connectivity index (χ0v) is 12.5. The molecule has 0 aromatic heterocycles. The van der Waals surface area contributed by atoms with Crippen LogP contribution in [0.25, 0.3) is 16.5 Å². The van der Waals surface area contributed by atoms with Gasteiger partial charge in [0, 0.05) is 11.3 Å². The van der Waals surface area contributed by atoms with E-state index in [0.717, 1.165) is 16.3 Å². The molecule has 4 heteroatoms. The van der Waals surface area contributed by atoms with Crippen LogP contribution in [0.4, 0.5) is 5.69 Å². The monoisotopic (exact) mass is 303 g/mol. The Balaban J connectivity index is 1.69. The highest BCUT2D eigenvalue weighted by molar-refractivity contribution is 5.95. The fourth-order valence-corrected chi connectivity index (χ4v) is 2.33. The van der Waals surface area contributed by atoms with Crippen molar-refractivity contribution in [2.75, 3.05) is 5.73 Å². The molecule has 0 radical (unpaired) electrons. The number of hydrogen-bond acceptors (Lipinski definition) is 3. The lowest BCUT2D eigenvalue weighted by atomic mass is 10.1. The summed E-state index contributed by atoms with van der Waals surface area (Å²) in [5, 5.41) is 2.28. The first-order chi connectivity index (χ1) is 11.1. The van der Waals surface area contributed by atoms with Crippen molar-refractivity contribution in [2.45, 2.75) is 0 Å². The number of hydrogen-bond donors (Lipinski definition) is 3. The molecular weight excluding hydrogens is 286 g/mol. The van der Waals surface area contributed by atoms with Crippen molar-refractivity contribution >= 4 is 28.1 Å². The van der Waals surface area contributed by atoms with E-state index in [-0.39, 0.29) is 5.91 Å². The number of fused-ring (bicyclic) bond motifs is 1. The Morgan fingerprint density at radius 2 is 1.61 bits per heavy atom. The maximum absolute atomic E-state index is 12.1. The average molecular weight is 303 g/mol. The summed E-state index contributed by atoms with van der Waals surface area (Å²) in [5.41, 5.74) is 13.7. The van der Waals surface area contributed by atoms with Crippen molar-refractivity contribution < 1.29 is 4.79 Å².